The average molecular weight is 356 g/mol. The number of amides is 1. The summed E-state index contributed by atoms with van der Waals surface area (Å²) in [5.41, 5.74) is 1.18. The van der Waals surface area contributed by atoms with Crippen LogP contribution in [0.1, 0.15) is 15.9 Å². The van der Waals surface area contributed by atoms with E-state index >= 15 is 0 Å². The molecule has 122 valence electrons. The molecule has 1 amide bonds. The van der Waals surface area contributed by atoms with Gasteiger partial charge in [-0.1, -0.05) is 29.3 Å². The molecule has 0 unspecified atom stereocenters. The number of carbonyl (C=O) groups excluding carboxylic acids is 1. The molecule has 0 aliphatic heterocycles. The van der Waals surface area contributed by atoms with E-state index in [1.165, 1.54) is 12.3 Å². The topological polar surface area (TPSA) is 73.3 Å². The minimum absolute atomic E-state index is 0.163. The van der Waals surface area contributed by atoms with E-state index in [1.54, 1.807) is 19.4 Å². The molecule has 0 saturated heterocycles. The summed E-state index contributed by atoms with van der Waals surface area (Å²) in [7, 11) is 1.60. The van der Waals surface area contributed by atoms with Crippen molar-refractivity contribution in [1.82, 2.24) is 15.3 Å². The van der Waals surface area contributed by atoms with Crippen molar-refractivity contribution in [3.8, 4) is 5.88 Å². The number of rotatable bonds is 7. The standard InChI is InChI=1S/C15H15Cl2N3O3/c1-22-4-5-23-13-3-2-10(7-18-13)8-20-15(21)11-6-12(16)14(17)19-9-11/h2-3,6-7,9H,4-5,8H2,1H3,(H,20,21). The summed E-state index contributed by atoms with van der Waals surface area (Å²) in [5.74, 6) is 0.210. The zero-order chi connectivity index (χ0) is 16.7. The molecule has 0 aliphatic rings. The van der Waals surface area contributed by atoms with E-state index < -0.39 is 0 Å². The van der Waals surface area contributed by atoms with Gasteiger partial charge in [-0.2, -0.15) is 0 Å². The fraction of sp³-hybridized carbons (Fsp3) is 0.267. The van der Waals surface area contributed by atoms with Crippen LogP contribution in [0.25, 0.3) is 0 Å². The molecule has 0 atom stereocenters. The Morgan fingerprint density at radius 3 is 2.70 bits per heavy atom. The van der Waals surface area contributed by atoms with E-state index in [1.807, 2.05) is 6.07 Å². The molecular weight excluding hydrogens is 341 g/mol. The van der Waals surface area contributed by atoms with E-state index in [-0.39, 0.29) is 16.1 Å². The highest BCUT2D eigenvalue weighted by molar-refractivity contribution is 6.41. The van der Waals surface area contributed by atoms with Gasteiger partial charge in [-0.05, 0) is 11.6 Å². The Balaban J connectivity index is 1.87. The second-order valence-corrected chi connectivity index (χ2v) is 5.29. The summed E-state index contributed by atoms with van der Waals surface area (Å²) >= 11 is 11.6. The summed E-state index contributed by atoms with van der Waals surface area (Å²) < 4.78 is 10.2. The zero-order valence-electron chi connectivity index (χ0n) is 12.4. The third-order valence-electron chi connectivity index (χ3n) is 2.85. The molecule has 0 fully saturated rings. The number of ether oxygens (including phenoxy) is 2. The Hall–Kier alpha value is -1.89. The van der Waals surface area contributed by atoms with Gasteiger partial charge >= 0.3 is 0 Å². The van der Waals surface area contributed by atoms with Crippen LogP contribution in [0.3, 0.4) is 0 Å². The number of methoxy groups -OCH3 is 1. The smallest absolute Gasteiger partial charge is 0.253 e. The molecule has 2 aromatic rings. The molecule has 2 aromatic heterocycles. The van der Waals surface area contributed by atoms with Crippen molar-refractivity contribution < 1.29 is 14.3 Å². The number of pyridine rings is 2. The third-order valence-corrected chi connectivity index (χ3v) is 3.53. The highest BCUT2D eigenvalue weighted by Crippen LogP contribution is 2.19. The fourth-order valence-electron chi connectivity index (χ4n) is 1.66. The Bertz CT molecular complexity index is 666. The number of carbonyl (C=O) groups is 1. The summed E-state index contributed by atoms with van der Waals surface area (Å²) in [5, 5.41) is 3.15. The Morgan fingerprint density at radius 1 is 1.22 bits per heavy atom. The van der Waals surface area contributed by atoms with Crippen LogP contribution in [0, 0.1) is 0 Å². The van der Waals surface area contributed by atoms with Crippen LogP contribution >= 0.6 is 23.2 Å². The maximum absolute atomic E-state index is 12.0. The first-order chi connectivity index (χ1) is 11.1. The van der Waals surface area contributed by atoms with Crippen LogP contribution in [-0.4, -0.2) is 36.2 Å². The van der Waals surface area contributed by atoms with E-state index in [0.717, 1.165) is 5.56 Å². The van der Waals surface area contributed by atoms with Crippen molar-refractivity contribution in [2.45, 2.75) is 6.54 Å². The molecule has 6 nitrogen and oxygen atoms in total. The molecule has 0 radical (unpaired) electrons. The predicted octanol–water partition coefficient (Wildman–Crippen LogP) is 2.74. The van der Waals surface area contributed by atoms with Gasteiger partial charge in [-0.15, -0.1) is 0 Å². The second kappa shape index (κ2) is 8.67. The minimum Gasteiger partial charge on any atom is -0.475 e. The molecule has 0 spiro atoms. The molecular formula is C15H15Cl2N3O3. The number of halogens is 2. The Morgan fingerprint density at radius 2 is 2.04 bits per heavy atom. The second-order valence-electron chi connectivity index (χ2n) is 4.53. The lowest BCUT2D eigenvalue weighted by atomic mass is 10.2. The van der Waals surface area contributed by atoms with E-state index in [4.69, 9.17) is 32.7 Å². The Kier molecular flexibility index (Phi) is 6.58. The maximum atomic E-state index is 12.0. The van der Waals surface area contributed by atoms with Crippen LogP contribution in [0.15, 0.2) is 30.6 Å². The summed E-state index contributed by atoms with van der Waals surface area (Å²) in [6.45, 7) is 1.26. The number of hydrogen-bond acceptors (Lipinski definition) is 5. The molecule has 2 rings (SSSR count). The number of aromatic nitrogens is 2. The molecule has 1 N–H and O–H groups in total. The first-order valence-corrected chi connectivity index (χ1v) is 7.51. The van der Waals surface area contributed by atoms with Crippen LogP contribution < -0.4 is 10.1 Å². The van der Waals surface area contributed by atoms with Crippen molar-refractivity contribution in [3.63, 3.8) is 0 Å². The molecule has 0 aliphatic carbocycles. The first kappa shape index (κ1) is 17.5. The van der Waals surface area contributed by atoms with E-state index in [0.29, 0.717) is 31.2 Å². The molecule has 23 heavy (non-hydrogen) atoms. The molecule has 0 saturated carbocycles. The van der Waals surface area contributed by atoms with Gasteiger partial charge in [0, 0.05) is 32.1 Å². The highest BCUT2D eigenvalue weighted by atomic mass is 35.5. The number of nitrogens with zero attached hydrogens (tertiary/aromatic N) is 2. The summed E-state index contributed by atoms with van der Waals surface area (Å²) in [6, 6.07) is 5.03. The predicted molar refractivity (Wildman–Crippen MR) is 87.0 cm³/mol. The summed E-state index contributed by atoms with van der Waals surface area (Å²) in [4.78, 5) is 20.0. The molecule has 2 heterocycles. The van der Waals surface area contributed by atoms with Crippen molar-refractivity contribution in [3.05, 3.63) is 51.9 Å². The van der Waals surface area contributed by atoms with Gasteiger partial charge in [0.2, 0.25) is 5.88 Å². The van der Waals surface area contributed by atoms with Gasteiger partial charge in [0.1, 0.15) is 11.8 Å². The molecule has 8 heteroatoms. The van der Waals surface area contributed by atoms with Crippen molar-refractivity contribution in [1.29, 1.82) is 0 Å². The lowest BCUT2D eigenvalue weighted by molar-refractivity contribution is 0.0950. The van der Waals surface area contributed by atoms with Crippen LogP contribution in [-0.2, 0) is 11.3 Å². The molecule has 0 aromatic carbocycles. The monoisotopic (exact) mass is 355 g/mol. The van der Waals surface area contributed by atoms with E-state index in [2.05, 4.69) is 15.3 Å². The van der Waals surface area contributed by atoms with E-state index in [9.17, 15) is 4.79 Å². The van der Waals surface area contributed by atoms with Crippen LogP contribution in [0.2, 0.25) is 10.2 Å². The normalized spacial score (nSPS) is 10.4. The van der Waals surface area contributed by atoms with Crippen molar-refractivity contribution >= 4 is 29.1 Å². The third kappa shape index (κ3) is 5.35. The highest BCUT2D eigenvalue weighted by Gasteiger charge is 2.09. The van der Waals surface area contributed by atoms with Gasteiger partial charge in [-0.25, -0.2) is 9.97 Å². The first-order valence-electron chi connectivity index (χ1n) is 6.76. The van der Waals surface area contributed by atoms with Crippen LogP contribution in [0.5, 0.6) is 5.88 Å². The lowest BCUT2D eigenvalue weighted by Crippen LogP contribution is -2.23. The van der Waals surface area contributed by atoms with Gasteiger partial charge < -0.3 is 14.8 Å². The Labute approximate surface area is 143 Å². The van der Waals surface area contributed by atoms with Crippen LogP contribution in [0.4, 0.5) is 0 Å². The largest absolute Gasteiger partial charge is 0.475 e. The average Bonchev–Trinajstić information content (AvgIpc) is 2.56. The number of hydrogen-bond donors (Lipinski definition) is 1. The summed E-state index contributed by atoms with van der Waals surface area (Å²) in [6.07, 6.45) is 3.00. The van der Waals surface area contributed by atoms with Gasteiger partial charge in [0.15, 0.2) is 0 Å². The molecule has 0 bridgehead atoms. The fourth-order valence-corrected chi connectivity index (χ4v) is 1.93. The zero-order valence-corrected chi connectivity index (χ0v) is 13.9. The van der Waals surface area contributed by atoms with Gasteiger partial charge in [0.05, 0.1) is 17.2 Å². The van der Waals surface area contributed by atoms with Crippen molar-refractivity contribution in [2.75, 3.05) is 20.3 Å². The minimum atomic E-state index is -0.295. The quantitative estimate of drug-likeness (QED) is 0.610. The SMILES string of the molecule is COCCOc1ccc(CNC(=O)c2cnc(Cl)c(Cl)c2)cn1. The maximum Gasteiger partial charge on any atom is 0.253 e. The number of nitrogens with one attached hydrogen (secondary N) is 1. The lowest BCUT2D eigenvalue weighted by Gasteiger charge is -2.07. The van der Waals surface area contributed by atoms with Gasteiger partial charge in [0.25, 0.3) is 5.91 Å². The van der Waals surface area contributed by atoms with Gasteiger partial charge in [-0.3, -0.25) is 4.79 Å². The van der Waals surface area contributed by atoms with Crippen molar-refractivity contribution in [2.24, 2.45) is 0 Å².